The first-order valence-electron chi connectivity index (χ1n) is 13.1. The SMILES string of the molecule is C[C@@H]1CN(c2cc(F)c(-c3cnc(N4CCOCC4)nc3)cc2NC(=O)c2csc(CN(C)C)n2)CCN1C. The van der Waals surface area contributed by atoms with Crippen LogP contribution in [0.2, 0.25) is 0 Å². The fraction of sp³-hybridized carbons (Fsp3) is 0.481. The molecule has 0 spiro atoms. The van der Waals surface area contributed by atoms with Gasteiger partial charge >= 0.3 is 0 Å². The van der Waals surface area contributed by atoms with E-state index < -0.39 is 0 Å². The highest BCUT2D eigenvalue weighted by Crippen LogP contribution is 2.35. The molecule has 2 fully saturated rings. The number of anilines is 3. The molecule has 2 aliphatic rings. The number of nitrogens with zero attached hydrogens (tertiary/aromatic N) is 7. The molecule has 1 aromatic carbocycles. The number of ether oxygens (including phenoxy) is 1. The summed E-state index contributed by atoms with van der Waals surface area (Å²) in [5, 5.41) is 5.64. The number of halogens is 1. The summed E-state index contributed by atoms with van der Waals surface area (Å²) in [5.41, 5.74) is 2.40. The van der Waals surface area contributed by atoms with Crippen LogP contribution in [0.25, 0.3) is 11.1 Å². The quantitative estimate of drug-likeness (QED) is 0.473. The largest absolute Gasteiger partial charge is 0.378 e. The summed E-state index contributed by atoms with van der Waals surface area (Å²) < 4.78 is 21.0. The second-order valence-corrected chi connectivity index (χ2v) is 11.3. The van der Waals surface area contributed by atoms with Gasteiger partial charge in [-0.2, -0.15) is 0 Å². The minimum atomic E-state index is -0.390. The average molecular weight is 555 g/mol. The molecule has 208 valence electrons. The highest BCUT2D eigenvalue weighted by atomic mass is 32.1. The zero-order valence-electron chi connectivity index (χ0n) is 22.9. The smallest absolute Gasteiger partial charge is 0.275 e. The molecule has 2 aliphatic heterocycles. The molecule has 39 heavy (non-hydrogen) atoms. The van der Waals surface area contributed by atoms with Crippen molar-refractivity contribution in [3.63, 3.8) is 0 Å². The number of rotatable bonds is 7. The van der Waals surface area contributed by atoms with E-state index >= 15 is 4.39 Å². The van der Waals surface area contributed by atoms with Gasteiger partial charge in [-0.15, -0.1) is 11.3 Å². The van der Waals surface area contributed by atoms with Crippen LogP contribution in [-0.2, 0) is 11.3 Å². The summed E-state index contributed by atoms with van der Waals surface area (Å²) in [7, 11) is 6.01. The molecule has 0 aliphatic carbocycles. The van der Waals surface area contributed by atoms with Crippen LogP contribution in [0.4, 0.5) is 21.7 Å². The highest BCUT2D eigenvalue weighted by Gasteiger charge is 2.26. The Kier molecular flexibility index (Phi) is 8.36. The zero-order valence-corrected chi connectivity index (χ0v) is 23.7. The first-order chi connectivity index (χ1) is 18.8. The van der Waals surface area contributed by atoms with Gasteiger partial charge in [0.1, 0.15) is 16.5 Å². The molecule has 1 N–H and O–H groups in total. The van der Waals surface area contributed by atoms with E-state index in [9.17, 15) is 4.79 Å². The lowest BCUT2D eigenvalue weighted by Gasteiger charge is -2.39. The molecule has 0 bridgehead atoms. The maximum atomic E-state index is 15.6. The van der Waals surface area contributed by atoms with E-state index in [0.29, 0.717) is 59.9 Å². The Bertz CT molecular complexity index is 1300. The van der Waals surface area contributed by atoms with Crippen LogP contribution in [0.3, 0.4) is 0 Å². The molecule has 2 aromatic heterocycles. The Morgan fingerprint density at radius 2 is 1.90 bits per heavy atom. The summed E-state index contributed by atoms with van der Waals surface area (Å²) >= 11 is 1.45. The van der Waals surface area contributed by atoms with Crippen LogP contribution in [0.1, 0.15) is 22.4 Å². The van der Waals surface area contributed by atoms with Crippen molar-refractivity contribution in [1.82, 2.24) is 24.8 Å². The van der Waals surface area contributed by atoms with Crippen molar-refractivity contribution in [2.24, 2.45) is 0 Å². The number of hydrogen-bond acceptors (Lipinski definition) is 10. The van der Waals surface area contributed by atoms with E-state index in [-0.39, 0.29) is 11.7 Å². The van der Waals surface area contributed by atoms with Gasteiger partial charge in [-0.1, -0.05) is 0 Å². The number of amides is 1. The van der Waals surface area contributed by atoms with Crippen LogP contribution in [0.15, 0.2) is 29.9 Å². The molecule has 1 atom stereocenters. The first kappa shape index (κ1) is 27.4. The van der Waals surface area contributed by atoms with Crippen molar-refractivity contribution >= 4 is 34.6 Å². The number of morpholine rings is 1. The highest BCUT2D eigenvalue weighted by molar-refractivity contribution is 7.09. The number of likely N-dealkylation sites (N-methyl/N-ethyl adjacent to an activating group) is 1. The Morgan fingerprint density at radius 1 is 1.15 bits per heavy atom. The second-order valence-electron chi connectivity index (χ2n) is 10.3. The molecular weight excluding hydrogens is 519 g/mol. The number of piperazine rings is 1. The van der Waals surface area contributed by atoms with Gasteiger partial charge in [0, 0.05) is 74.2 Å². The Morgan fingerprint density at radius 3 is 2.59 bits per heavy atom. The van der Waals surface area contributed by atoms with E-state index in [1.165, 1.54) is 17.4 Å². The van der Waals surface area contributed by atoms with E-state index in [2.05, 4.69) is 44.0 Å². The lowest BCUT2D eigenvalue weighted by molar-refractivity contribution is 0.102. The first-order valence-corrected chi connectivity index (χ1v) is 14.0. The van der Waals surface area contributed by atoms with Gasteiger partial charge in [0.15, 0.2) is 0 Å². The van der Waals surface area contributed by atoms with Crippen molar-refractivity contribution in [3.8, 4) is 11.1 Å². The lowest BCUT2D eigenvalue weighted by Crippen LogP contribution is -2.50. The molecule has 0 radical (unpaired) electrons. The lowest BCUT2D eigenvalue weighted by atomic mass is 10.0. The monoisotopic (exact) mass is 554 g/mol. The standard InChI is InChI=1S/C27H35FN8O2S/c1-18-15-36(6-5-34(18)4)24-12-21(28)20(19-13-29-27(30-14-19)35-7-9-38-10-8-35)11-22(24)32-26(37)23-17-39-25(31-23)16-33(2)3/h11-14,17-18H,5-10,15-16H2,1-4H3,(H,32,37)/t18-/m1/s1. The van der Waals surface area contributed by atoms with Gasteiger partial charge in [-0.3, -0.25) is 4.79 Å². The molecule has 2 saturated heterocycles. The molecule has 10 nitrogen and oxygen atoms in total. The van der Waals surface area contributed by atoms with Crippen molar-refractivity contribution < 1.29 is 13.9 Å². The van der Waals surface area contributed by atoms with E-state index in [0.717, 1.165) is 37.7 Å². The predicted molar refractivity (Wildman–Crippen MR) is 152 cm³/mol. The molecule has 12 heteroatoms. The minimum absolute atomic E-state index is 0.290. The topological polar surface area (TPSA) is 90.0 Å². The van der Waals surface area contributed by atoms with Crippen molar-refractivity contribution in [1.29, 1.82) is 0 Å². The fourth-order valence-corrected chi connectivity index (χ4v) is 5.64. The third-order valence-corrected chi connectivity index (χ3v) is 7.95. The molecular formula is C27H35FN8O2S. The third-order valence-electron chi connectivity index (χ3n) is 7.11. The van der Waals surface area contributed by atoms with Crippen LogP contribution < -0.4 is 15.1 Å². The average Bonchev–Trinajstić information content (AvgIpc) is 3.40. The molecule has 0 unspecified atom stereocenters. The third kappa shape index (κ3) is 6.35. The van der Waals surface area contributed by atoms with E-state index in [4.69, 9.17) is 4.74 Å². The number of hydrogen-bond donors (Lipinski definition) is 1. The maximum absolute atomic E-state index is 15.6. The summed E-state index contributed by atoms with van der Waals surface area (Å²) in [5.74, 6) is -0.119. The Hall–Kier alpha value is -3.19. The van der Waals surface area contributed by atoms with Crippen molar-refractivity contribution in [3.05, 3.63) is 46.4 Å². The molecule has 0 saturated carbocycles. The van der Waals surface area contributed by atoms with E-state index in [1.54, 1.807) is 23.8 Å². The van der Waals surface area contributed by atoms with Gasteiger partial charge in [0.2, 0.25) is 5.95 Å². The van der Waals surface area contributed by atoms with Gasteiger partial charge < -0.3 is 29.7 Å². The summed E-state index contributed by atoms with van der Waals surface area (Å²) in [6.45, 7) is 7.78. The van der Waals surface area contributed by atoms with Crippen LogP contribution in [-0.4, -0.2) is 104 Å². The molecule has 4 heterocycles. The fourth-order valence-electron chi connectivity index (χ4n) is 4.74. The van der Waals surface area contributed by atoms with Gasteiger partial charge in [-0.05, 0) is 40.2 Å². The number of carbonyl (C=O) groups is 1. The van der Waals surface area contributed by atoms with Crippen LogP contribution >= 0.6 is 11.3 Å². The Balaban J connectivity index is 1.46. The zero-order chi connectivity index (χ0) is 27.5. The number of carbonyl (C=O) groups excluding carboxylic acids is 1. The maximum Gasteiger partial charge on any atom is 0.275 e. The second kappa shape index (κ2) is 11.9. The Labute approximate surface area is 232 Å². The number of aromatic nitrogens is 3. The number of thiazole rings is 1. The molecule has 1 amide bonds. The van der Waals surface area contributed by atoms with Gasteiger partial charge in [0.05, 0.1) is 24.6 Å². The number of nitrogens with one attached hydrogen (secondary N) is 1. The minimum Gasteiger partial charge on any atom is -0.378 e. The van der Waals surface area contributed by atoms with Crippen LogP contribution in [0, 0.1) is 5.82 Å². The summed E-state index contributed by atoms with van der Waals surface area (Å²) in [6, 6.07) is 3.49. The summed E-state index contributed by atoms with van der Waals surface area (Å²) in [6.07, 6.45) is 3.26. The number of benzene rings is 1. The van der Waals surface area contributed by atoms with E-state index in [1.807, 2.05) is 23.9 Å². The normalized spacial score (nSPS) is 18.6. The van der Waals surface area contributed by atoms with Gasteiger partial charge in [-0.25, -0.2) is 19.3 Å². The summed E-state index contributed by atoms with van der Waals surface area (Å²) in [4.78, 5) is 35.2. The van der Waals surface area contributed by atoms with Crippen molar-refractivity contribution in [2.45, 2.75) is 19.5 Å². The molecule has 5 rings (SSSR count). The molecule has 3 aromatic rings. The van der Waals surface area contributed by atoms with Gasteiger partial charge in [0.25, 0.3) is 5.91 Å². The predicted octanol–water partition coefficient (Wildman–Crippen LogP) is 3.03. The van der Waals surface area contributed by atoms with Crippen molar-refractivity contribution in [2.75, 3.05) is 82.2 Å². The van der Waals surface area contributed by atoms with Crippen LogP contribution in [0.5, 0.6) is 0 Å².